The van der Waals surface area contributed by atoms with E-state index in [4.69, 9.17) is 4.42 Å². The van der Waals surface area contributed by atoms with E-state index in [0.29, 0.717) is 11.3 Å². The third-order valence-corrected chi connectivity index (χ3v) is 4.33. The van der Waals surface area contributed by atoms with Gasteiger partial charge in [0.25, 0.3) is 0 Å². The molecule has 4 nitrogen and oxygen atoms in total. The quantitative estimate of drug-likeness (QED) is 0.468. The number of aryl methyl sites for hydroxylation is 2. The molecule has 1 amide bonds. The highest BCUT2D eigenvalue weighted by Gasteiger charge is 2.30. The minimum absolute atomic E-state index is 0.192. The first-order valence-electron chi connectivity index (χ1n) is 8.88. The Morgan fingerprint density at radius 2 is 1.90 bits per heavy atom. The second-order valence-corrected chi connectivity index (χ2v) is 6.68. The molecule has 0 aliphatic rings. The summed E-state index contributed by atoms with van der Waals surface area (Å²) < 4.78 is 44.0. The normalized spacial score (nSPS) is 11.8. The Labute approximate surface area is 166 Å². The number of nitrogens with one attached hydrogen (secondary N) is 1. The molecule has 7 heteroatoms. The van der Waals surface area contributed by atoms with Gasteiger partial charge >= 0.3 is 6.18 Å². The first kappa shape index (κ1) is 20.4. The predicted octanol–water partition coefficient (Wildman–Crippen LogP) is 5.28. The lowest BCUT2D eigenvalue weighted by atomic mass is 10.0. The molecular weight excluding hydrogens is 381 g/mol. The maximum absolute atomic E-state index is 12.8. The Hall–Kier alpha value is -3.35. The van der Waals surface area contributed by atoms with Crippen molar-refractivity contribution in [2.24, 2.45) is 5.10 Å². The number of carbonyl (C=O) groups excluding carboxylic acids is 1. The monoisotopic (exact) mass is 400 g/mol. The lowest BCUT2D eigenvalue weighted by Gasteiger charge is -2.07. The fourth-order valence-corrected chi connectivity index (χ4v) is 2.85. The van der Waals surface area contributed by atoms with Crippen molar-refractivity contribution in [1.82, 2.24) is 5.43 Å². The number of hydrogen-bond donors (Lipinski definition) is 1. The third-order valence-electron chi connectivity index (χ3n) is 4.33. The van der Waals surface area contributed by atoms with Gasteiger partial charge in [-0.15, -0.1) is 0 Å². The smallest absolute Gasteiger partial charge is 0.416 e. The number of halogens is 3. The molecule has 0 spiro atoms. The van der Waals surface area contributed by atoms with Crippen molar-refractivity contribution in [3.63, 3.8) is 0 Å². The summed E-state index contributed by atoms with van der Waals surface area (Å²) in [5.41, 5.74) is 5.04. The van der Waals surface area contributed by atoms with E-state index >= 15 is 0 Å². The maximum atomic E-state index is 12.8. The fourth-order valence-electron chi connectivity index (χ4n) is 2.85. The van der Waals surface area contributed by atoms with Crippen molar-refractivity contribution >= 4 is 12.1 Å². The molecular formula is C22H19F3N2O2. The SMILES string of the molecule is Cc1ccc(CC(=O)N/N=C\c2ccc(-c3cccc(C(F)(F)F)c3)o2)c(C)c1. The number of benzene rings is 2. The minimum atomic E-state index is -4.42. The molecule has 1 heterocycles. The number of alkyl halides is 3. The van der Waals surface area contributed by atoms with Crippen LogP contribution in [0.2, 0.25) is 0 Å². The van der Waals surface area contributed by atoms with Crippen LogP contribution >= 0.6 is 0 Å². The van der Waals surface area contributed by atoms with Gasteiger partial charge in [0.1, 0.15) is 11.5 Å². The molecule has 150 valence electrons. The maximum Gasteiger partial charge on any atom is 0.416 e. The summed E-state index contributed by atoms with van der Waals surface area (Å²) in [6.07, 6.45) is -2.93. The van der Waals surface area contributed by atoms with Crippen molar-refractivity contribution in [3.8, 4) is 11.3 Å². The Kier molecular flexibility index (Phi) is 5.87. The van der Waals surface area contributed by atoms with E-state index in [1.165, 1.54) is 18.3 Å². The summed E-state index contributed by atoms with van der Waals surface area (Å²) in [6, 6.07) is 13.8. The minimum Gasteiger partial charge on any atom is -0.455 e. The van der Waals surface area contributed by atoms with Crippen LogP contribution in [-0.2, 0) is 17.4 Å². The molecule has 0 atom stereocenters. The molecule has 0 bridgehead atoms. The van der Waals surface area contributed by atoms with E-state index < -0.39 is 11.7 Å². The Bertz CT molecular complexity index is 1050. The van der Waals surface area contributed by atoms with Crippen LogP contribution < -0.4 is 5.43 Å². The van der Waals surface area contributed by atoms with E-state index in [1.807, 2.05) is 32.0 Å². The topological polar surface area (TPSA) is 54.6 Å². The molecule has 1 N–H and O–H groups in total. The molecule has 0 radical (unpaired) electrons. The highest BCUT2D eigenvalue weighted by molar-refractivity contribution is 5.82. The van der Waals surface area contributed by atoms with Gasteiger partial charge in [-0.3, -0.25) is 4.79 Å². The van der Waals surface area contributed by atoms with Crippen LogP contribution in [0.3, 0.4) is 0 Å². The van der Waals surface area contributed by atoms with Gasteiger partial charge in [0.2, 0.25) is 5.91 Å². The number of rotatable bonds is 5. The highest BCUT2D eigenvalue weighted by Crippen LogP contribution is 2.32. The number of carbonyl (C=O) groups is 1. The summed E-state index contributed by atoms with van der Waals surface area (Å²) in [6.45, 7) is 3.93. The van der Waals surface area contributed by atoms with E-state index in [9.17, 15) is 18.0 Å². The summed E-state index contributed by atoms with van der Waals surface area (Å²) in [5.74, 6) is 0.307. The van der Waals surface area contributed by atoms with Crippen LogP contribution in [0, 0.1) is 13.8 Å². The van der Waals surface area contributed by atoms with Crippen molar-refractivity contribution < 1.29 is 22.4 Å². The lowest BCUT2D eigenvalue weighted by molar-refractivity contribution is -0.137. The van der Waals surface area contributed by atoms with Gasteiger partial charge in [-0.2, -0.15) is 18.3 Å². The second-order valence-electron chi connectivity index (χ2n) is 6.68. The Morgan fingerprint density at radius 3 is 2.62 bits per heavy atom. The largest absolute Gasteiger partial charge is 0.455 e. The van der Waals surface area contributed by atoms with Crippen LogP contribution in [0.25, 0.3) is 11.3 Å². The molecule has 3 aromatic rings. The molecule has 29 heavy (non-hydrogen) atoms. The lowest BCUT2D eigenvalue weighted by Crippen LogP contribution is -2.20. The number of hydrazone groups is 1. The summed E-state index contributed by atoms with van der Waals surface area (Å²) in [7, 11) is 0. The highest BCUT2D eigenvalue weighted by atomic mass is 19.4. The first-order valence-corrected chi connectivity index (χ1v) is 8.88. The zero-order chi connectivity index (χ0) is 21.0. The molecule has 0 saturated carbocycles. The molecule has 2 aromatic carbocycles. The molecule has 0 aliphatic heterocycles. The molecule has 0 fully saturated rings. The number of hydrogen-bond acceptors (Lipinski definition) is 3. The van der Waals surface area contributed by atoms with E-state index in [1.54, 1.807) is 12.1 Å². The van der Waals surface area contributed by atoms with Crippen LogP contribution in [0.1, 0.15) is 28.0 Å². The predicted molar refractivity (Wildman–Crippen MR) is 105 cm³/mol. The van der Waals surface area contributed by atoms with Gasteiger partial charge in [0.15, 0.2) is 0 Å². The van der Waals surface area contributed by atoms with Gasteiger partial charge in [-0.25, -0.2) is 5.43 Å². The van der Waals surface area contributed by atoms with Crippen molar-refractivity contribution in [2.75, 3.05) is 0 Å². The van der Waals surface area contributed by atoms with Gasteiger partial charge < -0.3 is 4.42 Å². The van der Waals surface area contributed by atoms with Gasteiger partial charge in [-0.1, -0.05) is 35.9 Å². The second kappa shape index (κ2) is 8.34. The first-order chi connectivity index (χ1) is 13.7. The van der Waals surface area contributed by atoms with Crippen molar-refractivity contribution in [1.29, 1.82) is 0 Å². The number of furan rings is 1. The van der Waals surface area contributed by atoms with Gasteiger partial charge in [0, 0.05) is 5.56 Å². The summed E-state index contributed by atoms with van der Waals surface area (Å²) >= 11 is 0. The Balaban J connectivity index is 1.63. The fraction of sp³-hybridized carbons (Fsp3) is 0.182. The number of nitrogens with zero attached hydrogens (tertiary/aromatic N) is 1. The van der Waals surface area contributed by atoms with Crippen molar-refractivity contribution in [2.45, 2.75) is 26.4 Å². The molecule has 0 unspecified atom stereocenters. The standard InChI is InChI=1S/C22H19F3N2O2/c1-14-6-7-16(15(2)10-14)12-21(28)27-26-13-19-8-9-20(29-19)17-4-3-5-18(11-17)22(23,24)25/h3-11,13H,12H2,1-2H3,(H,27,28)/b26-13-. The van der Waals surface area contributed by atoms with Gasteiger partial charge in [-0.05, 0) is 49.2 Å². The van der Waals surface area contributed by atoms with Crippen LogP contribution in [-0.4, -0.2) is 12.1 Å². The molecule has 3 rings (SSSR count). The zero-order valence-electron chi connectivity index (χ0n) is 15.9. The average molecular weight is 400 g/mol. The number of amides is 1. The van der Waals surface area contributed by atoms with E-state index in [0.717, 1.165) is 28.8 Å². The Morgan fingerprint density at radius 1 is 1.10 bits per heavy atom. The average Bonchev–Trinajstić information content (AvgIpc) is 3.12. The van der Waals surface area contributed by atoms with Gasteiger partial charge in [0.05, 0.1) is 18.2 Å². The molecule has 0 saturated heterocycles. The molecule has 1 aromatic heterocycles. The van der Waals surface area contributed by atoms with Crippen LogP contribution in [0.5, 0.6) is 0 Å². The zero-order valence-corrected chi connectivity index (χ0v) is 15.9. The van der Waals surface area contributed by atoms with Crippen LogP contribution in [0.4, 0.5) is 13.2 Å². The van der Waals surface area contributed by atoms with E-state index in [-0.39, 0.29) is 18.1 Å². The summed E-state index contributed by atoms with van der Waals surface area (Å²) in [5, 5.41) is 3.85. The third kappa shape index (κ3) is 5.34. The van der Waals surface area contributed by atoms with Crippen molar-refractivity contribution in [3.05, 3.63) is 82.6 Å². The summed E-state index contributed by atoms with van der Waals surface area (Å²) in [4.78, 5) is 12.0. The van der Waals surface area contributed by atoms with E-state index in [2.05, 4.69) is 10.5 Å². The van der Waals surface area contributed by atoms with Crippen LogP contribution in [0.15, 0.2) is 64.1 Å². The molecule has 0 aliphatic carbocycles.